The molecule has 0 N–H and O–H groups in total. The van der Waals surface area contributed by atoms with Crippen molar-refractivity contribution in [2.24, 2.45) is 5.41 Å². The molecule has 1 saturated heterocycles. The summed E-state index contributed by atoms with van der Waals surface area (Å²) < 4.78 is 6.16. The van der Waals surface area contributed by atoms with Gasteiger partial charge >= 0.3 is 5.97 Å². The first-order valence-electron chi connectivity index (χ1n) is 6.47. The third-order valence-electron chi connectivity index (χ3n) is 3.42. The number of ether oxygens (including phenoxy) is 1. The van der Waals surface area contributed by atoms with Crippen LogP contribution in [0.3, 0.4) is 0 Å². The second kappa shape index (κ2) is 6.09. The number of nitrogens with zero attached hydrogens (tertiary/aromatic N) is 2. The van der Waals surface area contributed by atoms with Crippen LogP contribution in [0.1, 0.15) is 33.6 Å². The minimum Gasteiger partial charge on any atom is -0.467 e. The Balaban J connectivity index is 2.94. The summed E-state index contributed by atoms with van der Waals surface area (Å²) in [5, 5.41) is 0. The number of hydrogen-bond acceptors (Lipinski definition) is 4. The van der Waals surface area contributed by atoms with Crippen LogP contribution in [0.2, 0.25) is 0 Å². The number of hydrogen-bond donors (Lipinski definition) is 0. The average Bonchev–Trinajstić information content (AvgIpc) is 2.74. The largest absolute Gasteiger partial charge is 0.467 e. The van der Waals surface area contributed by atoms with Crippen molar-refractivity contribution in [1.82, 2.24) is 9.32 Å². The van der Waals surface area contributed by atoms with E-state index in [1.807, 2.05) is 20.8 Å². The van der Waals surface area contributed by atoms with Crippen molar-refractivity contribution in [2.45, 2.75) is 45.7 Å². The standard InChI is InChI=1S/C13H23ClN2O3/c1-13(2,3)10(15(4)14)11(17)16-8-6-7-9(16)12(18)19-5/h9-10H,6-8H2,1-5H3/t9-,10+/m0/s1. The Morgan fingerprint density at radius 2 is 2.00 bits per heavy atom. The second-order valence-corrected chi connectivity index (χ2v) is 6.54. The zero-order valence-corrected chi connectivity index (χ0v) is 13.0. The number of carbonyl (C=O) groups excluding carboxylic acids is 2. The van der Waals surface area contributed by atoms with E-state index < -0.39 is 12.1 Å². The Labute approximate surface area is 119 Å². The second-order valence-electron chi connectivity index (χ2n) is 6.01. The summed E-state index contributed by atoms with van der Waals surface area (Å²) in [5.41, 5.74) is -0.309. The molecule has 0 unspecified atom stereocenters. The quantitative estimate of drug-likeness (QED) is 0.586. The van der Waals surface area contributed by atoms with Crippen LogP contribution in [0.5, 0.6) is 0 Å². The van der Waals surface area contributed by atoms with Crippen molar-refractivity contribution in [3.05, 3.63) is 0 Å². The molecule has 1 fully saturated rings. The maximum absolute atomic E-state index is 12.7. The van der Waals surface area contributed by atoms with E-state index in [0.29, 0.717) is 13.0 Å². The summed E-state index contributed by atoms with van der Waals surface area (Å²) in [6.07, 6.45) is 1.47. The van der Waals surface area contributed by atoms with Crippen molar-refractivity contribution < 1.29 is 14.3 Å². The molecule has 5 nitrogen and oxygen atoms in total. The van der Waals surface area contributed by atoms with Crippen molar-refractivity contribution >= 4 is 23.7 Å². The number of likely N-dealkylation sites (N-methyl/N-ethyl adjacent to an activating group) is 1. The van der Waals surface area contributed by atoms with Gasteiger partial charge in [-0.1, -0.05) is 20.8 Å². The summed E-state index contributed by atoms with van der Waals surface area (Å²) in [6.45, 7) is 6.45. The van der Waals surface area contributed by atoms with Gasteiger partial charge in [0.25, 0.3) is 0 Å². The van der Waals surface area contributed by atoms with Gasteiger partial charge in [0, 0.05) is 13.6 Å². The maximum atomic E-state index is 12.7. The Morgan fingerprint density at radius 3 is 2.42 bits per heavy atom. The number of likely N-dealkylation sites (tertiary alicyclic amines) is 1. The van der Waals surface area contributed by atoms with Crippen LogP contribution in [0.15, 0.2) is 0 Å². The van der Waals surface area contributed by atoms with Crippen molar-refractivity contribution in [3.63, 3.8) is 0 Å². The van der Waals surface area contributed by atoms with Crippen molar-refractivity contribution in [3.8, 4) is 0 Å². The van der Waals surface area contributed by atoms with Crippen LogP contribution in [-0.4, -0.2) is 54.0 Å². The lowest BCUT2D eigenvalue weighted by Gasteiger charge is -2.37. The molecule has 0 aromatic carbocycles. The Kier molecular flexibility index (Phi) is 5.21. The number of amides is 1. The lowest BCUT2D eigenvalue weighted by Crippen LogP contribution is -2.53. The molecule has 1 heterocycles. The Bertz CT molecular complexity index is 352. The molecule has 2 atom stereocenters. The molecular weight excluding hydrogens is 268 g/mol. The zero-order chi connectivity index (χ0) is 14.8. The molecule has 0 spiro atoms. The van der Waals surface area contributed by atoms with E-state index in [1.54, 1.807) is 11.9 Å². The van der Waals surface area contributed by atoms with E-state index in [1.165, 1.54) is 11.5 Å². The molecule has 19 heavy (non-hydrogen) atoms. The molecule has 1 amide bonds. The van der Waals surface area contributed by atoms with Crippen LogP contribution < -0.4 is 0 Å². The van der Waals surface area contributed by atoms with Crippen LogP contribution in [0, 0.1) is 5.41 Å². The lowest BCUT2D eigenvalue weighted by molar-refractivity contribution is -0.153. The molecule has 0 aromatic rings. The summed E-state index contributed by atoms with van der Waals surface area (Å²) in [4.78, 5) is 26.0. The minimum atomic E-state index is -0.473. The van der Waals surface area contributed by atoms with Gasteiger partial charge in [0.15, 0.2) is 0 Å². The van der Waals surface area contributed by atoms with Gasteiger partial charge in [-0.15, -0.1) is 0 Å². The summed E-state index contributed by atoms with van der Waals surface area (Å²) in [6, 6.07) is -0.946. The molecule has 6 heteroatoms. The number of halogens is 1. The molecule has 1 aliphatic rings. The maximum Gasteiger partial charge on any atom is 0.328 e. The molecule has 0 saturated carbocycles. The van der Waals surface area contributed by atoms with Gasteiger partial charge in [0.2, 0.25) is 5.91 Å². The highest BCUT2D eigenvalue weighted by molar-refractivity contribution is 6.15. The summed E-state index contributed by atoms with van der Waals surface area (Å²) in [5.74, 6) is -0.464. The third kappa shape index (κ3) is 3.60. The van der Waals surface area contributed by atoms with Gasteiger partial charge in [-0.2, -0.15) is 0 Å². The van der Waals surface area contributed by atoms with Gasteiger partial charge in [0.05, 0.1) is 7.11 Å². The smallest absolute Gasteiger partial charge is 0.328 e. The normalized spacial score (nSPS) is 21.6. The van der Waals surface area contributed by atoms with E-state index in [0.717, 1.165) is 6.42 Å². The molecule has 0 radical (unpaired) electrons. The number of esters is 1. The van der Waals surface area contributed by atoms with Gasteiger partial charge in [-0.3, -0.25) is 4.79 Å². The number of carbonyl (C=O) groups is 2. The van der Waals surface area contributed by atoms with E-state index in [9.17, 15) is 9.59 Å². The fraction of sp³-hybridized carbons (Fsp3) is 0.846. The minimum absolute atomic E-state index is 0.113. The molecule has 0 bridgehead atoms. The van der Waals surface area contributed by atoms with Crippen LogP contribution in [-0.2, 0) is 14.3 Å². The van der Waals surface area contributed by atoms with E-state index in [4.69, 9.17) is 16.5 Å². The number of methoxy groups -OCH3 is 1. The SMILES string of the molecule is COC(=O)[C@@H]1CCCN1C(=O)[C@@H](N(C)Cl)C(C)(C)C. The average molecular weight is 291 g/mol. The van der Waals surface area contributed by atoms with Gasteiger partial charge < -0.3 is 9.64 Å². The highest BCUT2D eigenvalue weighted by Crippen LogP contribution is 2.29. The molecule has 1 rings (SSSR count). The van der Waals surface area contributed by atoms with Gasteiger partial charge in [-0.25, -0.2) is 9.21 Å². The van der Waals surface area contributed by atoms with E-state index in [2.05, 4.69) is 0 Å². The highest BCUT2D eigenvalue weighted by Gasteiger charge is 2.43. The van der Waals surface area contributed by atoms with Crippen molar-refractivity contribution in [1.29, 1.82) is 0 Å². The molecule has 110 valence electrons. The summed E-state index contributed by atoms with van der Waals surface area (Å²) >= 11 is 6.03. The molecule has 0 aliphatic carbocycles. The predicted molar refractivity (Wildman–Crippen MR) is 73.6 cm³/mol. The fourth-order valence-electron chi connectivity index (χ4n) is 2.62. The first-order chi connectivity index (χ1) is 8.70. The Morgan fingerprint density at radius 1 is 1.42 bits per heavy atom. The van der Waals surface area contributed by atoms with Gasteiger partial charge in [-0.05, 0) is 30.0 Å². The summed E-state index contributed by atoms with van der Waals surface area (Å²) in [7, 11) is 3.01. The van der Waals surface area contributed by atoms with Crippen LogP contribution >= 0.6 is 11.8 Å². The van der Waals surface area contributed by atoms with Crippen LogP contribution in [0.25, 0.3) is 0 Å². The topological polar surface area (TPSA) is 49.9 Å². The predicted octanol–water partition coefficient (Wildman–Crippen LogP) is 1.65. The molecule has 0 aromatic heterocycles. The first-order valence-corrected chi connectivity index (χ1v) is 6.81. The number of rotatable bonds is 3. The van der Waals surface area contributed by atoms with Crippen molar-refractivity contribution in [2.75, 3.05) is 20.7 Å². The first kappa shape index (κ1) is 16.2. The van der Waals surface area contributed by atoms with Crippen LogP contribution in [0.4, 0.5) is 0 Å². The molecule has 1 aliphatic heterocycles. The Hall–Kier alpha value is -0.810. The molecular formula is C13H23ClN2O3. The zero-order valence-electron chi connectivity index (χ0n) is 12.3. The third-order valence-corrected chi connectivity index (χ3v) is 3.61. The van der Waals surface area contributed by atoms with E-state index in [-0.39, 0.29) is 17.3 Å². The fourth-order valence-corrected chi connectivity index (χ4v) is 3.00. The highest BCUT2D eigenvalue weighted by atomic mass is 35.5. The van der Waals surface area contributed by atoms with Gasteiger partial charge in [0.1, 0.15) is 12.1 Å². The lowest BCUT2D eigenvalue weighted by atomic mass is 9.85. The monoisotopic (exact) mass is 290 g/mol. The van der Waals surface area contributed by atoms with E-state index >= 15 is 0 Å².